The molecule has 0 aliphatic carbocycles. The van der Waals surface area contributed by atoms with Gasteiger partial charge in [-0.25, -0.2) is 4.79 Å². The van der Waals surface area contributed by atoms with Crippen LogP contribution < -0.4 is 5.32 Å². The van der Waals surface area contributed by atoms with Crippen LogP contribution in [0, 0.1) is 6.92 Å². The van der Waals surface area contributed by atoms with Crippen LogP contribution >= 0.6 is 11.8 Å². The van der Waals surface area contributed by atoms with Gasteiger partial charge in [0.15, 0.2) is 0 Å². The fourth-order valence-corrected chi connectivity index (χ4v) is 4.21. The highest BCUT2D eigenvalue weighted by atomic mass is 32.2. The number of thioether (sulfide) groups is 1. The van der Waals surface area contributed by atoms with Gasteiger partial charge in [-0.05, 0) is 68.0 Å². The molecule has 0 radical (unpaired) electrons. The van der Waals surface area contributed by atoms with E-state index < -0.39 is 5.60 Å². The minimum Gasteiger partial charge on any atom is -0.444 e. The van der Waals surface area contributed by atoms with E-state index in [2.05, 4.69) is 17.4 Å². The second kappa shape index (κ2) is 9.14. The minimum atomic E-state index is -0.530. The lowest BCUT2D eigenvalue weighted by Crippen LogP contribution is -2.33. The highest BCUT2D eigenvalue weighted by molar-refractivity contribution is 8.15. The van der Waals surface area contributed by atoms with Crippen molar-refractivity contribution in [3.8, 4) is 11.1 Å². The van der Waals surface area contributed by atoms with Gasteiger partial charge in [-0.1, -0.05) is 48.2 Å². The summed E-state index contributed by atoms with van der Waals surface area (Å²) in [5.74, 6) is -0.222. The average molecular weight is 441 g/mol. The number of hydrogen-bond donors (Lipinski definition) is 1. The van der Waals surface area contributed by atoms with Crippen LogP contribution in [0.25, 0.3) is 11.1 Å². The second-order valence-corrected chi connectivity index (χ2v) is 9.94. The Hall–Kier alpha value is -2.80. The second-order valence-electron chi connectivity index (χ2n) is 8.77. The summed E-state index contributed by atoms with van der Waals surface area (Å²) >= 11 is 1.05. The van der Waals surface area contributed by atoms with E-state index in [-0.39, 0.29) is 22.5 Å². The van der Waals surface area contributed by atoms with Crippen molar-refractivity contribution in [2.75, 3.05) is 7.05 Å². The van der Waals surface area contributed by atoms with E-state index in [0.717, 1.165) is 39.6 Å². The number of benzene rings is 2. The molecule has 164 valence electrons. The van der Waals surface area contributed by atoms with Gasteiger partial charge in [-0.3, -0.25) is 14.9 Å². The Labute approximate surface area is 187 Å². The predicted molar refractivity (Wildman–Crippen MR) is 123 cm³/mol. The Kier molecular flexibility index (Phi) is 6.74. The number of hydrogen-bond acceptors (Lipinski definition) is 5. The van der Waals surface area contributed by atoms with Crippen molar-refractivity contribution in [1.82, 2.24) is 10.2 Å². The lowest BCUT2D eigenvalue weighted by molar-refractivity contribution is -0.118. The van der Waals surface area contributed by atoms with E-state index in [1.165, 1.54) is 0 Å². The molecule has 0 bridgehead atoms. The number of nitrogens with one attached hydrogen (secondary N) is 1. The maximum atomic E-state index is 12.2. The summed E-state index contributed by atoms with van der Waals surface area (Å²) in [5.41, 5.74) is 4.70. The summed E-state index contributed by atoms with van der Waals surface area (Å²) in [4.78, 5) is 37.0. The van der Waals surface area contributed by atoms with E-state index in [1.54, 1.807) is 11.9 Å². The fourth-order valence-electron chi connectivity index (χ4n) is 3.36. The third-order valence-electron chi connectivity index (χ3n) is 4.90. The average Bonchev–Trinajstić information content (AvgIpc) is 2.99. The number of ether oxygens (including phenoxy) is 1. The van der Waals surface area contributed by atoms with Crippen LogP contribution in [0.4, 0.5) is 9.59 Å². The molecule has 1 unspecified atom stereocenters. The van der Waals surface area contributed by atoms with E-state index in [9.17, 15) is 14.4 Å². The van der Waals surface area contributed by atoms with Crippen LogP contribution in [0.1, 0.15) is 37.5 Å². The lowest BCUT2D eigenvalue weighted by atomic mass is 9.96. The first-order chi connectivity index (χ1) is 14.5. The Morgan fingerprint density at radius 2 is 1.84 bits per heavy atom. The number of amides is 3. The third-order valence-corrected chi connectivity index (χ3v) is 5.88. The van der Waals surface area contributed by atoms with Crippen molar-refractivity contribution in [3.63, 3.8) is 0 Å². The predicted octanol–water partition coefficient (Wildman–Crippen LogP) is 4.92. The zero-order chi connectivity index (χ0) is 22.8. The van der Waals surface area contributed by atoms with Crippen molar-refractivity contribution >= 4 is 29.0 Å². The van der Waals surface area contributed by atoms with Crippen molar-refractivity contribution in [3.05, 3.63) is 59.2 Å². The molecule has 1 fully saturated rings. The SMILES string of the molecule is Cc1cc(-c2cccc(CN(C)C(=O)OC(C)(C)C)c2)ccc1CC1SC(=O)NC1=O. The van der Waals surface area contributed by atoms with Crippen molar-refractivity contribution < 1.29 is 19.1 Å². The highest BCUT2D eigenvalue weighted by Gasteiger charge is 2.31. The molecule has 1 N–H and O–H groups in total. The first-order valence-electron chi connectivity index (χ1n) is 10.2. The molecular formula is C24H28N2O4S. The van der Waals surface area contributed by atoms with Gasteiger partial charge in [0, 0.05) is 13.6 Å². The molecule has 2 aromatic rings. The zero-order valence-corrected chi connectivity index (χ0v) is 19.3. The molecule has 1 heterocycles. The van der Waals surface area contributed by atoms with E-state index >= 15 is 0 Å². The molecule has 1 aliphatic rings. The summed E-state index contributed by atoms with van der Waals surface area (Å²) in [5, 5.41) is 1.68. The van der Waals surface area contributed by atoms with Crippen LogP contribution in [0.3, 0.4) is 0 Å². The Morgan fingerprint density at radius 1 is 1.13 bits per heavy atom. The van der Waals surface area contributed by atoms with Crippen LogP contribution in [-0.4, -0.2) is 40.0 Å². The number of carbonyl (C=O) groups excluding carboxylic acids is 3. The molecule has 3 rings (SSSR count). The molecule has 1 saturated heterocycles. The fraction of sp³-hybridized carbons (Fsp3) is 0.375. The van der Waals surface area contributed by atoms with Crippen LogP contribution in [0.15, 0.2) is 42.5 Å². The van der Waals surface area contributed by atoms with Gasteiger partial charge in [0.2, 0.25) is 5.91 Å². The normalized spacial score (nSPS) is 16.2. The Morgan fingerprint density at radius 3 is 2.45 bits per heavy atom. The Balaban J connectivity index is 1.72. The molecule has 0 aromatic heterocycles. The number of rotatable bonds is 5. The maximum absolute atomic E-state index is 12.2. The largest absolute Gasteiger partial charge is 0.444 e. The first-order valence-corrected chi connectivity index (χ1v) is 11.0. The third kappa shape index (κ3) is 6.10. The van der Waals surface area contributed by atoms with E-state index in [1.807, 2.05) is 58.0 Å². The molecule has 1 aliphatic heterocycles. The summed E-state index contributed by atoms with van der Waals surface area (Å²) in [7, 11) is 1.72. The van der Waals surface area contributed by atoms with Gasteiger partial charge < -0.3 is 9.64 Å². The van der Waals surface area contributed by atoms with Crippen LogP contribution in [0.5, 0.6) is 0 Å². The first kappa shape index (κ1) is 22.9. The van der Waals surface area contributed by atoms with Crippen LogP contribution in [-0.2, 0) is 22.5 Å². The minimum absolute atomic E-state index is 0.222. The van der Waals surface area contributed by atoms with Crippen molar-refractivity contribution in [1.29, 1.82) is 0 Å². The molecule has 3 amide bonds. The lowest BCUT2D eigenvalue weighted by Gasteiger charge is -2.24. The molecular weight excluding hydrogens is 412 g/mol. The van der Waals surface area contributed by atoms with E-state index in [0.29, 0.717) is 13.0 Å². The maximum Gasteiger partial charge on any atom is 0.410 e. The number of nitrogens with zero attached hydrogens (tertiary/aromatic N) is 1. The summed E-state index contributed by atoms with van der Waals surface area (Å²) in [6, 6.07) is 14.2. The van der Waals surface area contributed by atoms with Gasteiger partial charge in [-0.2, -0.15) is 0 Å². The zero-order valence-electron chi connectivity index (χ0n) is 18.5. The molecule has 0 saturated carbocycles. The summed E-state index contributed by atoms with van der Waals surface area (Å²) < 4.78 is 5.42. The molecule has 2 aromatic carbocycles. The standard InChI is InChI=1S/C24H28N2O4S/c1-15-11-19(10-9-17(15)13-20-21(27)25-22(28)31-20)18-8-6-7-16(12-18)14-26(5)23(29)30-24(2,3)4/h6-12,20H,13-14H2,1-5H3,(H,25,27,28). The topological polar surface area (TPSA) is 75.7 Å². The highest BCUT2D eigenvalue weighted by Crippen LogP contribution is 2.28. The monoisotopic (exact) mass is 440 g/mol. The quantitative estimate of drug-likeness (QED) is 0.714. The van der Waals surface area contributed by atoms with Gasteiger partial charge >= 0.3 is 6.09 Å². The molecule has 7 heteroatoms. The van der Waals surface area contributed by atoms with Gasteiger partial charge in [0.25, 0.3) is 5.24 Å². The number of aryl methyl sites for hydroxylation is 1. The van der Waals surface area contributed by atoms with Crippen molar-refractivity contribution in [2.45, 2.75) is 51.5 Å². The number of carbonyl (C=O) groups is 3. The van der Waals surface area contributed by atoms with Gasteiger partial charge in [0.05, 0.1) is 5.25 Å². The van der Waals surface area contributed by atoms with Gasteiger partial charge in [-0.15, -0.1) is 0 Å². The molecule has 0 spiro atoms. The molecule has 6 nitrogen and oxygen atoms in total. The van der Waals surface area contributed by atoms with Crippen LogP contribution in [0.2, 0.25) is 0 Å². The molecule has 31 heavy (non-hydrogen) atoms. The summed E-state index contributed by atoms with van der Waals surface area (Å²) in [6.45, 7) is 8.00. The number of imide groups is 1. The Bertz CT molecular complexity index is 1010. The summed E-state index contributed by atoms with van der Waals surface area (Å²) in [6.07, 6.45) is 0.167. The van der Waals surface area contributed by atoms with Crippen molar-refractivity contribution in [2.24, 2.45) is 0 Å². The van der Waals surface area contributed by atoms with Gasteiger partial charge in [0.1, 0.15) is 5.60 Å². The molecule has 1 atom stereocenters. The smallest absolute Gasteiger partial charge is 0.410 e. The van der Waals surface area contributed by atoms with E-state index in [4.69, 9.17) is 4.74 Å².